The summed E-state index contributed by atoms with van der Waals surface area (Å²) in [5, 5.41) is 9.54. The van der Waals surface area contributed by atoms with Gasteiger partial charge >= 0.3 is 0 Å². The zero-order valence-corrected chi connectivity index (χ0v) is 15.4. The van der Waals surface area contributed by atoms with Crippen LogP contribution in [0.5, 0.6) is 0 Å². The molecule has 7 nitrogen and oxygen atoms in total. The molecule has 0 spiro atoms. The van der Waals surface area contributed by atoms with Gasteiger partial charge < -0.3 is 10.6 Å². The number of hydrogen-bond acceptors (Lipinski definition) is 4. The van der Waals surface area contributed by atoms with Gasteiger partial charge in [-0.1, -0.05) is 12.1 Å². The molecule has 142 valence electrons. The van der Waals surface area contributed by atoms with E-state index < -0.39 is 0 Å². The molecule has 26 heavy (non-hydrogen) atoms. The van der Waals surface area contributed by atoms with Crippen molar-refractivity contribution in [2.24, 2.45) is 5.92 Å². The summed E-state index contributed by atoms with van der Waals surface area (Å²) in [4.78, 5) is 36.4. The van der Waals surface area contributed by atoms with E-state index in [1.165, 1.54) is 17.5 Å². The highest BCUT2D eigenvalue weighted by atomic mass is 35.5. The number of carbonyl (C=O) groups excluding carboxylic acids is 1. The standard InChI is InChI=1S/C18H24N4O3.ClH/c23-16(20-10-7-13-4-3-9-19-12-13)8-11-22-18(25)15-6-2-1-5-14(15)17(24)21-22;/h1-2,5-6,13,19H,3-4,7-12H2,(H,20,23)(H,21,24);1H. The molecule has 3 N–H and O–H groups in total. The summed E-state index contributed by atoms with van der Waals surface area (Å²) in [5.74, 6) is 0.512. The number of nitrogens with one attached hydrogen (secondary N) is 3. The van der Waals surface area contributed by atoms with Crippen LogP contribution < -0.4 is 21.8 Å². The Morgan fingerprint density at radius 3 is 2.73 bits per heavy atom. The first-order chi connectivity index (χ1) is 12.1. The van der Waals surface area contributed by atoms with Gasteiger partial charge in [0.1, 0.15) is 0 Å². The van der Waals surface area contributed by atoms with Crippen molar-refractivity contribution in [2.75, 3.05) is 19.6 Å². The van der Waals surface area contributed by atoms with Crippen molar-refractivity contribution in [3.8, 4) is 0 Å². The number of piperidine rings is 1. The van der Waals surface area contributed by atoms with E-state index in [0.29, 0.717) is 23.2 Å². The molecular formula is C18H25ClN4O3. The van der Waals surface area contributed by atoms with Crippen LogP contribution >= 0.6 is 12.4 Å². The predicted molar refractivity (Wildman–Crippen MR) is 104 cm³/mol. The fourth-order valence-electron chi connectivity index (χ4n) is 3.29. The number of halogens is 1. The summed E-state index contributed by atoms with van der Waals surface area (Å²) in [6.07, 6.45) is 3.52. The summed E-state index contributed by atoms with van der Waals surface area (Å²) in [6.45, 7) is 2.91. The maximum absolute atomic E-state index is 12.4. The van der Waals surface area contributed by atoms with E-state index in [4.69, 9.17) is 0 Å². The zero-order chi connectivity index (χ0) is 17.6. The first-order valence-corrected chi connectivity index (χ1v) is 8.84. The zero-order valence-electron chi connectivity index (χ0n) is 14.6. The summed E-state index contributed by atoms with van der Waals surface area (Å²) < 4.78 is 1.22. The Bertz CT molecular complexity index is 855. The Kier molecular flexibility index (Phi) is 7.41. The van der Waals surface area contributed by atoms with Gasteiger partial charge in [0, 0.05) is 13.0 Å². The third kappa shape index (κ3) is 4.95. The number of carbonyl (C=O) groups is 1. The van der Waals surface area contributed by atoms with Crippen molar-refractivity contribution in [3.05, 3.63) is 45.0 Å². The van der Waals surface area contributed by atoms with Gasteiger partial charge in [-0.3, -0.25) is 19.5 Å². The van der Waals surface area contributed by atoms with E-state index in [2.05, 4.69) is 15.7 Å². The molecular weight excluding hydrogens is 356 g/mol. The predicted octanol–water partition coefficient (Wildman–Crippen LogP) is 1.01. The van der Waals surface area contributed by atoms with Gasteiger partial charge in [0.25, 0.3) is 11.1 Å². The van der Waals surface area contributed by atoms with Crippen LogP contribution in [0.15, 0.2) is 33.9 Å². The van der Waals surface area contributed by atoms with E-state index in [-0.39, 0.29) is 42.4 Å². The fourth-order valence-corrected chi connectivity index (χ4v) is 3.29. The number of aryl methyl sites for hydroxylation is 1. The minimum atomic E-state index is -0.319. The summed E-state index contributed by atoms with van der Waals surface area (Å²) in [5.41, 5.74) is -0.600. The fraction of sp³-hybridized carbons (Fsp3) is 0.500. The molecule has 2 aromatic rings. The third-order valence-corrected chi connectivity index (χ3v) is 4.72. The van der Waals surface area contributed by atoms with E-state index >= 15 is 0 Å². The Labute approximate surface area is 157 Å². The van der Waals surface area contributed by atoms with Crippen LogP contribution in [0, 0.1) is 5.92 Å². The normalized spacial score (nSPS) is 16.8. The molecule has 1 aliphatic heterocycles. The molecule has 1 aromatic carbocycles. The van der Waals surface area contributed by atoms with E-state index in [0.717, 1.165) is 19.5 Å². The lowest BCUT2D eigenvalue weighted by atomic mass is 9.96. The molecule has 2 heterocycles. The number of hydrogen-bond donors (Lipinski definition) is 3. The molecule has 0 bridgehead atoms. The highest BCUT2D eigenvalue weighted by Crippen LogP contribution is 2.12. The summed E-state index contributed by atoms with van der Waals surface area (Å²) in [7, 11) is 0. The van der Waals surface area contributed by atoms with Crippen LogP contribution in [0.4, 0.5) is 0 Å². The number of H-pyrrole nitrogens is 1. The number of amides is 1. The van der Waals surface area contributed by atoms with Crippen molar-refractivity contribution < 1.29 is 4.79 Å². The number of aromatic nitrogens is 2. The van der Waals surface area contributed by atoms with Crippen LogP contribution in [0.2, 0.25) is 0 Å². The first kappa shape index (κ1) is 20.2. The molecule has 1 amide bonds. The molecule has 8 heteroatoms. The molecule has 1 aliphatic rings. The van der Waals surface area contributed by atoms with Crippen LogP contribution in [0.25, 0.3) is 10.8 Å². The Hall–Kier alpha value is -2.12. The highest BCUT2D eigenvalue weighted by Gasteiger charge is 2.13. The van der Waals surface area contributed by atoms with Gasteiger partial charge in [0.05, 0.1) is 17.3 Å². The number of benzene rings is 1. The number of fused-ring (bicyclic) bond motifs is 1. The monoisotopic (exact) mass is 380 g/mol. The van der Waals surface area contributed by atoms with Gasteiger partial charge in [-0.05, 0) is 50.4 Å². The SMILES string of the molecule is Cl.O=C(CCn1[nH]c(=O)c2ccccc2c1=O)NCCC1CCCNC1. The summed E-state index contributed by atoms with van der Waals surface area (Å²) in [6, 6.07) is 6.69. The van der Waals surface area contributed by atoms with Crippen LogP contribution in [0.3, 0.4) is 0 Å². The maximum Gasteiger partial charge on any atom is 0.273 e. The van der Waals surface area contributed by atoms with Gasteiger partial charge in [-0.25, -0.2) is 4.68 Å². The number of nitrogens with zero attached hydrogens (tertiary/aromatic N) is 1. The smallest absolute Gasteiger partial charge is 0.273 e. The quantitative estimate of drug-likeness (QED) is 0.696. The second-order valence-corrected chi connectivity index (χ2v) is 6.54. The lowest BCUT2D eigenvalue weighted by molar-refractivity contribution is -0.121. The first-order valence-electron chi connectivity index (χ1n) is 8.84. The topological polar surface area (TPSA) is 96.0 Å². The molecule has 1 fully saturated rings. The van der Waals surface area contributed by atoms with Crippen LogP contribution in [0.1, 0.15) is 25.7 Å². The molecule has 0 aliphatic carbocycles. The van der Waals surface area contributed by atoms with Crippen molar-refractivity contribution >= 4 is 29.1 Å². The third-order valence-electron chi connectivity index (χ3n) is 4.72. The van der Waals surface area contributed by atoms with Gasteiger partial charge in [0.15, 0.2) is 0 Å². The number of aromatic amines is 1. The average molecular weight is 381 g/mol. The van der Waals surface area contributed by atoms with Crippen LogP contribution in [-0.4, -0.2) is 35.3 Å². The van der Waals surface area contributed by atoms with Gasteiger partial charge in [0.2, 0.25) is 5.91 Å². The molecule has 1 atom stereocenters. The lowest BCUT2D eigenvalue weighted by Gasteiger charge is -2.22. The van der Waals surface area contributed by atoms with Crippen molar-refractivity contribution in [1.82, 2.24) is 20.4 Å². The maximum atomic E-state index is 12.4. The van der Waals surface area contributed by atoms with Crippen LogP contribution in [-0.2, 0) is 11.3 Å². The average Bonchev–Trinajstić information content (AvgIpc) is 2.64. The molecule has 0 saturated carbocycles. The number of rotatable bonds is 6. The van der Waals surface area contributed by atoms with Crippen molar-refractivity contribution in [2.45, 2.75) is 32.2 Å². The molecule has 3 rings (SSSR count). The second kappa shape index (κ2) is 9.54. The Morgan fingerprint density at radius 2 is 2.00 bits per heavy atom. The van der Waals surface area contributed by atoms with E-state index in [1.54, 1.807) is 24.3 Å². The van der Waals surface area contributed by atoms with Gasteiger partial charge in [-0.2, -0.15) is 0 Å². The molecule has 0 radical (unpaired) electrons. The summed E-state index contributed by atoms with van der Waals surface area (Å²) >= 11 is 0. The second-order valence-electron chi connectivity index (χ2n) is 6.54. The minimum absolute atomic E-state index is 0. The largest absolute Gasteiger partial charge is 0.356 e. The Morgan fingerprint density at radius 1 is 1.23 bits per heavy atom. The van der Waals surface area contributed by atoms with E-state index in [9.17, 15) is 14.4 Å². The molecule has 1 saturated heterocycles. The van der Waals surface area contributed by atoms with Crippen molar-refractivity contribution in [3.63, 3.8) is 0 Å². The van der Waals surface area contributed by atoms with Gasteiger partial charge in [-0.15, -0.1) is 12.4 Å². The molecule has 1 unspecified atom stereocenters. The highest BCUT2D eigenvalue weighted by molar-refractivity contribution is 5.85. The lowest BCUT2D eigenvalue weighted by Crippen LogP contribution is -2.34. The Balaban J connectivity index is 0.00000243. The molecule has 1 aromatic heterocycles. The minimum Gasteiger partial charge on any atom is -0.356 e. The van der Waals surface area contributed by atoms with E-state index in [1.807, 2.05) is 0 Å². The van der Waals surface area contributed by atoms with Crippen molar-refractivity contribution in [1.29, 1.82) is 0 Å².